The van der Waals surface area contributed by atoms with Gasteiger partial charge >= 0.3 is 0 Å². The van der Waals surface area contributed by atoms with Gasteiger partial charge in [-0.2, -0.15) is 10.1 Å². The van der Waals surface area contributed by atoms with Crippen molar-refractivity contribution in [2.45, 2.75) is 24.4 Å². The minimum atomic E-state index is -1.74. The second kappa shape index (κ2) is 7.68. The molecule has 0 saturated carbocycles. The van der Waals surface area contributed by atoms with Crippen molar-refractivity contribution in [3.63, 3.8) is 0 Å². The fraction of sp³-hybridized carbons (Fsp3) is 0.333. The molecule has 0 radical (unpaired) electrons. The van der Waals surface area contributed by atoms with Crippen molar-refractivity contribution in [1.29, 1.82) is 0 Å². The topological polar surface area (TPSA) is 180 Å². The lowest BCUT2D eigenvalue weighted by Gasteiger charge is -2.23. The molecule has 2 heterocycles. The number of anilines is 1. The number of aromatic amines is 1. The number of fused-ring (bicyclic) bond motifs is 3. The lowest BCUT2D eigenvalue weighted by molar-refractivity contribution is -0.0999. The monoisotopic (exact) mass is 362 g/mol. The number of hydrogen-bond donors (Lipinski definition) is 7. The van der Waals surface area contributed by atoms with E-state index in [9.17, 15) is 20.4 Å². The molecule has 26 heavy (non-hydrogen) atoms. The van der Waals surface area contributed by atoms with Gasteiger partial charge in [-0.15, -0.1) is 10.2 Å². The normalized spacial score (nSPS) is 16.8. The lowest BCUT2D eigenvalue weighted by Crippen LogP contribution is -2.46. The van der Waals surface area contributed by atoms with Crippen LogP contribution >= 0.6 is 0 Å². The summed E-state index contributed by atoms with van der Waals surface area (Å²) in [5, 5.41) is 59.4. The van der Waals surface area contributed by atoms with Crippen LogP contribution in [0.5, 0.6) is 0 Å². The SMILES string of the molecule is OCC(O)C(O)C(O)C(O)/C=N\Nc1nnc2c(n1)[nH]c1ccccc12. The molecule has 0 fully saturated rings. The van der Waals surface area contributed by atoms with E-state index in [1.165, 1.54) is 0 Å². The molecule has 3 rings (SSSR count). The van der Waals surface area contributed by atoms with Crippen LogP contribution in [-0.2, 0) is 0 Å². The van der Waals surface area contributed by atoms with E-state index in [0.29, 0.717) is 11.2 Å². The number of nitrogens with zero attached hydrogens (tertiary/aromatic N) is 4. The second-order valence-corrected chi connectivity index (χ2v) is 5.61. The summed E-state index contributed by atoms with van der Waals surface area (Å²) in [4.78, 5) is 7.30. The van der Waals surface area contributed by atoms with E-state index >= 15 is 0 Å². The van der Waals surface area contributed by atoms with Gasteiger partial charge in [-0.25, -0.2) is 5.43 Å². The molecule has 0 spiro atoms. The van der Waals surface area contributed by atoms with E-state index in [2.05, 4.69) is 30.7 Å². The highest BCUT2D eigenvalue weighted by Crippen LogP contribution is 2.21. The van der Waals surface area contributed by atoms with E-state index < -0.39 is 31.0 Å². The summed E-state index contributed by atoms with van der Waals surface area (Å²) >= 11 is 0. The predicted octanol–water partition coefficient (Wildman–Crippen LogP) is -1.66. The highest BCUT2D eigenvalue weighted by atomic mass is 16.4. The summed E-state index contributed by atoms with van der Waals surface area (Å²) in [6.45, 7) is -0.760. The Morgan fingerprint density at radius 2 is 1.88 bits per heavy atom. The van der Waals surface area contributed by atoms with Crippen LogP contribution in [0.4, 0.5) is 5.95 Å². The fourth-order valence-corrected chi connectivity index (χ4v) is 2.37. The molecule has 11 heteroatoms. The summed E-state index contributed by atoms with van der Waals surface area (Å²) in [7, 11) is 0. The zero-order valence-corrected chi connectivity index (χ0v) is 13.4. The van der Waals surface area contributed by atoms with E-state index in [-0.39, 0.29) is 5.95 Å². The first kappa shape index (κ1) is 18.1. The summed E-state index contributed by atoms with van der Waals surface area (Å²) in [5.74, 6) is 0.0536. The van der Waals surface area contributed by atoms with Gasteiger partial charge in [0.15, 0.2) is 5.65 Å². The first-order valence-corrected chi connectivity index (χ1v) is 7.74. The first-order chi connectivity index (χ1) is 12.5. The van der Waals surface area contributed by atoms with Gasteiger partial charge < -0.3 is 30.5 Å². The molecule has 3 aromatic rings. The number of aromatic nitrogens is 4. The Balaban J connectivity index is 1.69. The number of para-hydroxylation sites is 1. The Morgan fingerprint density at radius 3 is 2.65 bits per heavy atom. The Morgan fingerprint density at radius 1 is 1.12 bits per heavy atom. The van der Waals surface area contributed by atoms with Crippen molar-refractivity contribution in [3.8, 4) is 0 Å². The summed E-state index contributed by atoms with van der Waals surface area (Å²) < 4.78 is 0. The van der Waals surface area contributed by atoms with Crippen LogP contribution in [0, 0.1) is 0 Å². The summed E-state index contributed by atoms with van der Waals surface area (Å²) in [6.07, 6.45) is -5.75. The van der Waals surface area contributed by atoms with Crippen LogP contribution in [0.3, 0.4) is 0 Å². The van der Waals surface area contributed by atoms with Crippen LogP contribution in [0.25, 0.3) is 22.1 Å². The number of benzene rings is 1. The molecule has 0 bridgehead atoms. The van der Waals surface area contributed by atoms with Crippen molar-refractivity contribution in [2.24, 2.45) is 5.10 Å². The third-order valence-electron chi connectivity index (χ3n) is 3.79. The average Bonchev–Trinajstić information content (AvgIpc) is 3.03. The van der Waals surface area contributed by atoms with Gasteiger partial charge in [-0.1, -0.05) is 18.2 Å². The van der Waals surface area contributed by atoms with Gasteiger partial charge in [-0.3, -0.25) is 0 Å². The molecule has 0 aliphatic carbocycles. The maximum Gasteiger partial charge on any atom is 0.265 e. The Hall–Kier alpha value is -2.70. The van der Waals surface area contributed by atoms with Crippen molar-refractivity contribution in [2.75, 3.05) is 12.0 Å². The number of aliphatic hydroxyl groups is 5. The van der Waals surface area contributed by atoms with Crippen molar-refractivity contribution in [3.05, 3.63) is 24.3 Å². The number of H-pyrrole nitrogens is 1. The molecule has 0 aliphatic rings. The predicted molar refractivity (Wildman–Crippen MR) is 92.4 cm³/mol. The molecule has 0 saturated heterocycles. The average molecular weight is 362 g/mol. The highest BCUT2D eigenvalue weighted by molar-refractivity contribution is 6.03. The molecular formula is C15H18N6O5. The number of hydrogen-bond acceptors (Lipinski definition) is 10. The second-order valence-electron chi connectivity index (χ2n) is 5.61. The molecular weight excluding hydrogens is 344 g/mol. The van der Waals surface area contributed by atoms with Crippen molar-refractivity contribution < 1.29 is 25.5 Å². The van der Waals surface area contributed by atoms with E-state index in [1.54, 1.807) is 0 Å². The molecule has 0 amide bonds. The molecule has 4 atom stereocenters. The molecule has 1 aromatic carbocycles. The van der Waals surface area contributed by atoms with Gasteiger partial charge in [0.05, 0.1) is 12.8 Å². The van der Waals surface area contributed by atoms with Crippen LogP contribution in [0.15, 0.2) is 29.4 Å². The quantitative estimate of drug-likeness (QED) is 0.191. The molecule has 0 aliphatic heterocycles. The number of aliphatic hydroxyl groups excluding tert-OH is 5. The third kappa shape index (κ3) is 3.61. The van der Waals surface area contributed by atoms with E-state index in [1.807, 2.05) is 24.3 Å². The standard InChI is InChI=1S/C15H18N6O5/c22-6-10(24)13(26)12(25)9(23)5-16-20-15-18-14-11(19-21-15)7-3-1-2-4-8(7)17-14/h1-5,9-10,12-13,22-26H,6H2,(H2,17,18,20,21)/b16-5-. The maximum atomic E-state index is 9.72. The largest absolute Gasteiger partial charge is 0.394 e. The number of rotatable bonds is 7. The van der Waals surface area contributed by atoms with Crippen molar-refractivity contribution >= 4 is 34.2 Å². The van der Waals surface area contributed by atoms with Crippen LogP contribution in [0.2, 0.25) is 0 Å². The maximum absolute atomic E-state index is 9.72. The summed E-state index contributed by atoms with van der Waals surface area (Å²) in [6, 6.07) is 7.53. The highest BCUT2D eigenvalue weighted by Gasteiger charge is 2.29. The Labute approximate surface area is 146 Å². The van der Waals surface area contributed by atoms with Crippen molar-refractivity contribution in [1.82, 2.24) is 20.2 Å². The van der Waals surface area contributed by atoms with Gasteiger partial charge in [0.2, 0.25) is 0 Å². The lowest BCUT2D eigenvalue weighted by atomic mass is 10.0. The number of hydrazone groups is 1. The van der Waals surface area contributed by atoms with Gasteiger partial charge in [0.25, 0.3) is 5.95 Å². The van der Waals surface area contributed by atoms with E-state index in [0.717, 1.165) is 17.1 Å². The van der Waals surface area contributed by atoms with Crippen LogP contribution in [0.1, 0.15) is 0 Å². The minimum Gasteiger partial charge on any atom is -0.394 e. The van der Waals surface area contributed by atoms with E-state index in [4.69, 9.17) is 5.11 Å². The molecule has 138 valence electrons. The molecule has 4 unspecified atom stereocenters. The smallest absolute Gasteiger partial charge is 0.265 e. The molecule has 11 nitrogen and oxygen atoms in total. The zero-order chi connectivity index (χ0) is 18.7. The Kier molecular flexibility index (Phi) is 5.35. The van der Waals surface area contributed by atoms with Crippen LogP contribution < -0.4 is 5.43 Å². The minimum absolute atomic E-state index is 0.0536. The van der Waals surface area contributed by atoms with Gasteiger partial charge in [0, 0.05) is 10.9 Å². The molecule has 7 N–H and O–H groups in total. The Bertz CT molecular complexity index is 916. The van der Waals surface area contributed by atoms with Crippen LogP contribution in [-0.4, -0.2) is 82.9 Å². The summed E-state index contributed by atoms with van der Waals surface area (Å²) in [5.41, 5.74) is 4.41. The van der Waals surface area contributed by atoms with Gasteiger partial charge in [-0.05, 0) is 6.07 Å². The van der Waals surface area contributed by atoms with Gasteiger partial charge in [0.1, 0.15) is 29.9 Å². The number of nitrogens with one attached hydrogen (secondary N) is 2. The first-order valence-electron chi connectivity index (χ1n) is 7.74. The fourth-order valence-electron chi connectivity index (χ4n) is 2.37. The molecule has 2 aromatic heterocycles. The third-order valence-corrected chi connectivity index (χ3v) is 3.79. The zero-order valence-electron chi connectivity index (χ0n) is 13.4.